The molecule has 0 saturated carbocycles. The lowest BCUT2D eigenvalue weighted by Gasteiger charge is -2.03. The van der Waals surface area contributed by atoms with Crippen LogP contribution in [0.2, 0.25) is 0 Å². The summed E-state index contributed by atoms with van der Waals surface area (Å²) in [5, 5.41) is 18.6. The Balaban J connectivity index is 1.74. The lowest BCUT2D eigenvalue weighted by Crippen LogP contribution is -2.25. The predicted octanol–water partition coefficient (Wildman–Crippen LogP) is 0.725. The Morgan fingerprint density at radius 2 is 2.00 bits per heavy atom. The second-order valence-corrected chi connectivity index (χ2v) is 4.54. The molecule has 0 aliphatic carbocycles. The van der Waals surface area contributed by atoms with E-state index in [4.69, 9.17) is 5.11 Å². The van der Waals surface area contributed by atoms with Crippen LogP contribution in [0.5, 0.6) is 0 Å². The summed E-state index contributed by atoms with van der Waals surface area (Å²) >= 11 is 0. The van der Waals surface area contributed by atoms with Crippen molar-refractivity contribution in [2.24, 2.45) is 0 Å². The molecule has 0 unspecified atom stereocenters. The van der Waals surface area contributed by atoms with Gasteiger partial charge >= 0.3 is 5.97 Å². The molecule has 0 radical (unpaired) electrons. The van der Waals surface area contributed by atoms with E-state index >= 15 is 0 Å². The van der Waals surface area contributed by atoms with Gasteiger partial charge < -0.3 is 10.4 Å². The van der Waals surface area contributed by atoms with Crippen molar-refractivity contribution in [3.8, 4) is 0 Å². The molecule has 1 heterocycles. The van der Waals surface area contributed by atoms with Crippen molar-refractivity contribution in [2.45, 2.75) is 19.4 Å². The molecule has 0 bridgehead atoms. The highest BCUT2D eigenvalue weighted by Crippen LogP contribution is 2.01. The molecule has 1 amide bonds. The van der Waals surface area contributed by atoms with E-state index in [-0.39, 0.29) is 18.1 Å². The first kappa shape index (κ1) is 14.7. The Labute approximate surface area is 121 Å². The van der Waals surface area contributed by atoms with Crippen LogP contribution in [0.15, 0.2) is 36.5 Å². The summed E-state index contributed by atoms with van der Waals surface area (Å²) in [6.07, 6.45) is 3.02. The number of aromatic nitrogens is 3. The monoisotopic (exact) mass is 288 g/mol. The molecule has 0 aliphatic rings. The van der Waals surface area contributed by atoms with Gasteiger partial charge in [-0.15, -0.1) is 5.10 Å². The fourth-order valence-corrected chi connectivity index (χ4v) is 1.85. The second kappa shape index (κ2) is 7.18. The molecule has 0 spiro atoms. The number of amides is 1. The molecular weight excluding hydrogens is 272 g/mol. The summed E-state index contributed by atoms with van der Waals surface area (Å²) in [5.74, 6) is -1.38. The fourth-order valence-electron chi connectivity index (χ4n) is 1.85. The second-order valence-electron chi connectivity index (χ2n) is 4.54. The fraction of sp³-hybridized carbons (Fsp3) is 0.286. The molecule has 7 nitrogen and oxygen atoms in total. The Bertz CT molecular complexity index is 610. The van der Waals surface area contributed by atoms with Gasteiger partial charge in [0.2, 0.25) is 0 Å². The minimum absolute atomic E-state index is 0.121. The first-order chi connectivity index (χ1) is 10.1. The zero-order valence-electron chi connectivity index (χ0n) is 11.4. The van der Waals surface area contributed by atoms with Gasteiger partial charge in [0, 0.05) is 6.54 Å². The van der Waals surface area contributed by atoms with Crippen LogP contribution < -0.4 is 5.32 Å². The third-order valence-electron chi connectivity index (χ3n) is 2.84. The number of benzene rings is 1. The van der Waals surface area contributed by atoms with Crippen LogP contribution >= 0.6 is 0 Å². The average Bonchev–Trinajstić information content (AvgIpc) is 2.92. The van der Waals surface area contributed by atoms with E-state index in [1.165, 1.54) is 11.8 Å². The van der Waals surface area contributed by atoms with E-state index in [0.29, 0.717) is 6.54 Å². The number of carbonyl (C=O) groups excluding carboxylic acids is 1. The van der Waals surface area contributed by atoms with Crippen molar-refractivity contribution in [3.05, 3.63) is 47.8 Å². The van der Waals surface area contributed by atoms with Crippen molar-refractivity contribution < 1.29 is 14.7 Å². The summed E-state index contributed by atoms with van der Waals surface area (Å²) in [4.78, 5) is 22.3. The highest BCUT2D eigenvalue weighted by atomic mass is 16.4. The molecule has 0 atom stereocenters. The van der Waals surface area contributed by atoms with Gasteiger partial charge in [-0.2, -0.15) is 0 Å². The van der Waals surface area contributed by atoms with E-state index in [9.17, 15) is 9.59 Å². The summed E-state index contributed by atoms with van der Waals surface area (Å²) < 4.78 is 1.11. The van der Waals surface area contributed by atoms with E-state index < -0.39 is 5.97 Å². The standard InChI is InChI=1S/C14H16N4O3/c19-13(20)10-18-9-12(16-17-18)14(21)15-8-4-7-11-5-2-1-3-6-11/h1-3,5-6,9H,4,7-8,10H2,(H,15,21)(H,19,20). The molecule has 2 aromatic rings. The minimum atomic E-state index is -1.03. The summed E-state index contributed by atoms with van der Waals surface area (Å²) in [7, 11) is 0. The van der Waals surface area contributed by atoms with Crippen LogP contribution in [0.1, 0.15) is 22.5 Å². The Morgan fingerprint density at radius 3 is 2.71 bits per heavy atom. The molecule has 0 saturated heterocycles. The lowest BCUT2D eigenvalue weighted by molar-refractivity contribution is -0.137. The van der Waals surface area contributed by atoms with E-state index in [0.717, 1.165) is 17.5 Å². The third kappa shape index (κ3) is 4.72. The lowest BCUT2D eigenvalue weighted by atomic mass is 10.1. The molecule has 0 aliphatic heterocycles. The molecule has 2 N–H and O–H groups in total. The van der Waals surface area contributed by atoms with Crippen LogP contribution in [0.3, 0.4) is 0 Å². The van der Waals surface area contributed by atoms with Gasteiger partial charge in [0.25, 0.3) is 5.91 Å². The van der Waals surface area contributed by atoms with E-state index in [1.807, 2.05) is 30.3 Å². The topological polar surface area (TPSA) is 97.1 Å². The number of aryl methyl sites for hydroxylation is 1. The number of hydrogen-bond acceptors (Lipinski definition) is 4. The number of nitrogens with one attached hydrogen (secondary N) is 1. The van der Waals surface area contributed by atoms with Crippen molar-refractivity contribution in [2.75, 3.05) is 6.54 Å². The maximum Gasteiger partial charge on any atom is 0.325 e. The number of carboxylic acids is 1. The molecule has 7 heteroatoms. The predicted molar refractivity (Wildman–Crippen MR) is 74.8 cm³/mol. The van der Waals surface area contributed by atoms with E-state index in [1.54, 1.807) is 0 Å². The summed E-state index contributed by atoms with van der Waals surface area (Å²) in [6.45, 7) is 0.216. The number of aliphatic carboxylic acids is 1. The Morgan fingerprint density at radius 1 is 1.24 bits per heavy atom. The van der Waals surface area contributed by atoms with Crippen LogP contribution in [0.25, 0.3) is 0 Å². The number of rotatable bonds is 7. The van der Waals surface area contributed by atoms with Crippen LogP contribution in [0, 0.1) is 0 Å². The molecule has 2 rings (SSSR count). The highest BCUT2D eigenvalue weighted by molar-refractivity contribution is 5.91. The zero-order chi connectivity index (χ0) is 15.1. The Hall–Kier alpha value is -2.70. The van der Waals surface area contributed by atoms with Crippen molar-refractivity contribution in [1.29, 1.82) is 0 Å². The molecule has 21 heavy (non-hydrogen) atoms. The van der Waals surface area contributed by atoms with Crippen molar-refractivity contribution in [3.63, 3.8) is 0 Å². The SMILES string of the molecule is O=C(O)Cn1cc(C(=O)NCCCc2ccccc2)nn1. The smallest absolute Gasteiger partial charge is 0.325 e. The number of carbonyl (C=O) groups is 2. The average molecular weight is 288 g/mol. The first-order valence-electron chi connectivity index (χ1n) is 6.59. The van der Waals surface area contributed by atoms with E-state index in [2.05, 4.69) is 15.6 Å². The van der Waals surface area contributed by atoms with Gasteiger partial charge in [-0.05, 0) is 18.4 Å². The molecule has 110 valence electrons. The van der Waals surface area contributed by atoms with Crippen LogP contribution in [0.4, 0.5) is 0 Å². The molecular formula is C14H16N4O3. The van der Waals surface area contributed by atoms with Gasteiger partial charge in [-0.1, -0.05) is 35.5 Å². The van der Waals surface area contributed by atoms with Crippen molar-refractivity contribution >= 4 is 11.9 Å². The number of hydrogen-bond donors (Lipinski definition) is 2. The zero-order valence-corrected chi connectivity index (χ0v) is 11.4. The van der Waals surface area contributed by atoms with Crippen molar-refractivity contribution in [1.82, 2.24) is 20.3 Å². The quantitative estimate of drug-likeness (QED) is 0.732. The molecule has 0 fully saturated rings. The van der Waals surface area contributed by atoms with Gasteiger partial charge in [-0.25, -0.2) is 4.68 Å². The van der Waals surface area contributed by atoms with Gasteiger partial charge in [0.15, 0.2) is 5.69 Å². The number of carboxylic acid groups (broad SMARTS) is 1. The van der Waals surface area contributed by atoms with Gasteiger partial charge in [-0.3, -0.25) is 9.59 Å². The maximum atomic E-state index is 11.8. The number of nitrogens with zero attached hydrogens (tertiary/aromatic N) is 3. The van der Waals surface area contributed by atoms with Crippen LogP contribution in [-0.4, -0.2) is 38.5 Å². The first-order valence-corrected chi connectivity index (χ1v) is 6.59. The Kier molecular flexibility index (Phi) is 5.03. The minimum Gasteiger partial charge on any atom is -0.480 e. The third-order valence-corrected chi connectivity index (χ3v) is 2.84. The largest absolute Gasteiger partial charge is 0.480 e. The molecule has 1 aromatic carbocycles. The summed E-state index contributed by atoms with van der Waals surface area (Å²) in [5.41, 5.74) is 1.34. The summed E-state index contributed by atoms with van der Waals surface area (Å²) in [6, 6.07) is 10.0. The normalized spacial score (nSPS) is 10.3. The van der Waals surface area contributed by atoms with Gasteiger partial charge in [0.1, 0.15) is 6.54 Å². The maximum absolute atomic E-state index is 11.8. The van der Waals surface area contributed by atoms with Crippen LogP contribution in [-0.2, 0) is 17.8 Å². The molecule has 1 aromatic heterocycles. The van der Waals surface area contributed by atoms with Gasteiger partial charge in [0.05, 0.1) is 6.20 Å². The highest BCUT2D eigenvalue weighted by Gasteiger charge is 2.11.